The number of nitro groups is 1. The molecular weight excluding hydrogens is 248 g/mol. The van der Waals surface area contributed by atoms with Crippen molar-refractivity contribution >= 4 is 5.69 Å². The van der Waals surface area contributed by atoms with Crippen LogP contribution < -0.4 is 5.32 Å². The first kappa shape index (κ1) is 13.2. The summed E-state index contributed by atoms with van der Waals surface area (Å²) in [6.45, 7) is 3.65. The molecule has 0 saturated carbocycles. The SMILES string of the molecule is CCNCCc1nnc(-c2cccc([N+](=O)[O-])c2)o1. The number of nitro benzene ring substituents is 1. The Balaban J connectivity index is 2.13. The first-order chi connectivity index (χ1) is 9.20. The third-order valence-electron chi connectivity index (χ3n) is 2.54. The van der Waals surface area contributed by atoms with Crippen LogP contribution in [0.4, 0.5) is 5.69 Å². The van der Waals surface area contributed by atoms with Gasteiger partial charge < -0.3 is 9.73 Å². The number of rotatable bonds is 6. The number of nitrogens with zero attached hydrogens (tertiary/aromatic N) is 3. The molecule has 0 amide bonds. The Labute approximate surface area is 109 Å². The summed E-state index contributed by atoms with van der Waals surface area (Å²) in [5.74, 6) is 0.817. The summed E-state index contributed by atoms with van der Waals surface area (Å²) < 4.78 is 5.47. The van der Waals surface area contributed by atoms with Crippen LogP contribution in [0.15, 0.2) is 28.7 Å². The van der Waals surface area contributed by atoms with Crippen LogP contribution in [0.25, 0.3) is 11.5 Å². The Morgan fingerprint density at radius 2 is 2.26 bits per heavy atom. The Morgan fingerprint density at radius 1 is 1.42 bits per heavy atom. The summed E-state index contributed by atoms with van der Waals surface area (Å²) in [6.07, 6.45) is 0.635. The summed E-state index contributed by atoms with van der Waals surface area (Å²) in [6, 6.07) is 6.14. The van der Waals surface area contributed by atoms with Gasteiger partial charge in [-0.05, 0) is 12.6 Å². The van der Waals surface area contributed by atoms with E-state index >= 15 is 0 Å². The maximum Gasteiger partial charge on any atom is 0.270 e. The van der Waals surface area contributed by atoms with E-state index in [1.165, 1.54) is 12.1 Å². The van der Waals surface area contributed by atoms with E-state index in [-0.39, 0.29) is 5.69 Å². The molecule has 1 heterocycles. The van der Waals surface area contributed by atoms with E-state index < -0.39 is 4.92 Å². The van der Waals surface area contributed by atoms with Gasteiger partial charge in [0, 0.05) is 30.7 Å². The molecule has 0 aliphatic rings. The predicted molar refractivity (Wildman–Crippen MR) is 68.6 cm³/mol. The van der Waals surface area contributed by atoms with Gasteiger partial charge in [0.1, 0.15) is 0 Å². The smallest absolute Gasteiger partial charge is 0.270 e. The lowest BCUT2D eigenvalue weighted by molar-refractivity contribution is -0.384. The summed E-state index contributed by atoms with van der Waals surface area (Å²) in [7, 11) is 0. The highest BCUT2D eigenvalue weighted by atomic mass is 16.6. The van der Waals surface area contributed by atoms with Crippen molar-refractivity contribution in [2.24, 2.45) is 0 Å². The van der Waals surface area contributed by atoms with Gasteiger partial charge in [-0.15, -0.1) is 10.2 Å². The van der Waals surface area contributed by atoms with Crippen LogP contribution in [0.1, 0.15) is 12.8 Å². The number of aromatic nitrogens is 2. The molecule has 0 radical (unpaired) electrons. The lowest BCUT2D eigenvalue weighted by atomic mass is 10.2. The molecule has 0 bridgehead atoms. The molecule has 1 aromatic heterocycles. The lowest BCUT2D eigenvalue weighted by Crippen LogP contribution is -2.16. The van der Waals surface area contributed by atoms with Crippen molar-refractivity contribution in [3.05, 3.63) is 40.3 Å². The number of hydrogen-bond donors (Lipinski definition) is 1. The molecule has 0 aliphatic carbocycles. The number of nitrogens with one attached hydrogen (secondary N) is 1. The second-order valence-corrected chi connectivity index (χ2v) is 3.91. The Kier molecular flexibility index (Phi) is 4.19. The van der Waals surface area contributed by atoms with Gasteiger partial charge in [-0.25, -0.2) is 0 Å². The molecule has 0 fully saturated rings. The molecule has 0 saturated heterocycles. The topological polar surface area (TPSA) is 94.1 Å². The van der Waals surface area contributed by atoms with E-state index in [0.717, 1.165) is 13.1 Å². The van der Waals surface area contributed by atoms with Crippen LogP contribution in [0, 0.1) is 10.1 Å². The maximum absolute atomic E-state index is 10.7. The largest absolute Gasteiger partial charge is 0.421 e. The maximum atomic E-state index is 10.7. The lowest BCUT2D eigenvalue weighted by Gasteiger charge is -1.96. The fourth-order valence-electron chi connectivity index (χ4n) is 1.60. The molecule has 7 nitrogen and oxygen atoms in total. The zero-order valence-corrected chi connectivity index (χ0v) is 10.5. The number of benzene rings is 1. The summed E-state index contributed by atoms with van der Waals surface area (Å²) >= 11 is 0. The second kappa shape index (κ2) is 6.05. The minimum Gasteiger partial charge on any atom is -0.421 e. The van der Waals surface area contributed by atoms with Gasteiger partial charge in [-0.2, -0.15) is 0 Å². The van der Waals surface area contributed by atoms with Crippen LogP contribution in [-0.2, 0) is 6.42 Å². The molecule has 0 atom stereocenters. The van der Waals surface area contributed by atoms with Crippen molar-refractivity contribution < 1.29 is 9.34 Å². The minimum absolute atomic E-state index is 0.00454. The van der Waals surface area contributed by atoms with Crippen molar-refractivity contribution in [3.63, 3.8) is 0 Å². The number of hydrogen-bond acceptors (Lipinski definition) is 6. The van der Waals surface area contributed by atoms with Gasteiger partial charge in [0.2, 0.25) is 11.8 Å². The van der Waals surface area contributed by atoms with E-state index in [9.17, 15) is 10.1 Å². The molecule has 7 heteroatoms. The summed E-state index contributed by atoms with van der Waals surface area (Å²) in [5.41, 5.74) is 0.557. The zero-order chi connectivity index (χ0) is 13.7. The predicted octanol–water partition coefficient (Wildman–Crippen LogP) is 1.80. The molecule has 0 spiro atoms. The fraction of sp³-hybridized carbons (Fsp3) is 0.333. The molecular formula is C12H14N4O3. The van der Waals surface area contributed by atoms with Gasteiger partial charge in [0.25, 0.3) is 5.69 Å². The molecule has 100 valence electrons. The zero-order valence-electron chi connectivity index (χ0n) is 10.5. The monoisotopic (exact) mass is 262 g/mol. The van der Waals surface area contributed by atoms with Crippen LogP contribution >= 0.6 is 0 Å². The minimum atomic E-state index is -0.452. The van der Waals surface area contributed by atoms with E-state index in [1.54, 1.807) is 12.1 Å². The average Bonchev–Trinajstić information content (AvgIpc) is 2.88. The van der Waals surface area contributed by atoms with Gasteiger partial charge in [0.15, 0.2) is 0 Å². The normalized spacial score (nSPS) is 10.6. The molecule has 0 aliphatic heterocycles. The summed E-state index contributed by atoms with van der Waals surface area (Å²) in [4.78, 5) is 10.2. The van der Waals surface area contributed by atoms with Crippen molar-refractivity contribution in [3.8, 4) is 11.5 Å². The van der Waals surface area contributed by atoms with E-state index in [1.807, 2.05) is 6.92 Å². The highest BCUT2D eigenvalue weighted by Gasteiger charge is 2.12. The van der Waals surface area contributed by atoms with Crippen molar-refractivity contribution in [1.29, 1.82) is 0 Å². The Morgan fingerprint density at radius 3 is 3.00 bits per heavy atom. The van der Waals surface area contributed by atoms with Gasteiger partial charge >= 0.3 is 0 Å². The van der Waals surface area contributed by atoms with Crippen molar-refractivity contribution in [1.82, 2.24) is 15.5 Å². The van der Waals surface area contributed by atoms with E-state index in [4.69, 9.17) is 4.42 Å². The molecule has 1 aromatic carbocycles. The Hall–Kier alpha value is -2.28. The molecule has 2 aromatic rings. The molecule has 2 rings (SSSR count). The highest BCUT2D eigenvalue weighted by Crippen LogP contribution is 2.22. The molecule has 1 N–H and O–H groups in total. The van der Waals surface area contributed by atoms with Crippen LogP contribution in [0.2, 0.25) is 0 Å². The third-order valence-corrected chi connectivity index (χ3v) is 2.54. The second-order valence-electron chi connectivity index (χ2n) is 3.91. The molecule has 19 heavy (non-hydrogen) atoms. The first-order valence-electron chi connectivity index (χ1n) is 5.98. The van der Waals surface area contributed by atoms with Crippen molar-refractivity contribution in [2.45, 2.75) is 13.3 Å². The first-order valence-corrected chi connectivity index (χ1v) is 5.98. The highest BCUT2D eigenvalue weighted by molar-refractivity contribution is 5.57. The Bertz CT molecular complexity index is 568. The van der Waals surface area contributed by atoms with Crippen molar-refractivity contribution in [2.75, 3.05) is 13.1 Å². The van der Waals surface area contributed by atoms with Crippen LogP contribution in [0.5, 0.6) is 0 Å². The molecule has 0 unspecified atom stereocenters. The van der Waals surface area contributed by atoms with Gasteiger partial charge in [-0.1, -0.05) is 13.0 Å². The van der Waals surface area contributed by atoms with E-state index in [2.05, 4.69) is 15.5 Å². The quantitative estimate of drug-likeness (QED) is 0.484. The third kappa shape index (κ3) is 3.35. The fourth-order valence-corrected chi connectivity index (χ4v) is 1.60. The van der Waals surface area contributed by atoms with E-state index in [0.29, 0.717) is 23.8 Å². The van der Waals surface area contributed by atoms with Crippen LogP contribution in [0.3, 0.4) is 0 Å². The standard InChI is InChI=1S/C12H14N4O3/c1-2-13-7-6-11-14-15-12(19-11)9-4-3-5-10(8-9)16(17)18/h3-5,8,13H,2,6-7H2,1H3. The number of non-ortho nitro benzene ring substituents is 1. The van der Waals surface area contributed by atoms with Crippen LogP contribution in [-0.4, -0.2) is 28.2 Å². The number of likely N-dealkylation sites (N-methyl/N-ethyl adjacent to an activating group) is 1. The summed E-state index contributed by atoms with van der Waals surface area (Å²) in [5, 5.41) is 21.7. The van der Waals surface area contributed by atoms with Gasteiger partial charge in [0.05, 0.1) is 4.92 Å². The van der Waals surface area contributed by atoms with Gasteiger partial charge in [-0.3, -0.25) is 10.1 Å². The average molecular weight is 262 g/mol.